The van der Waals surface area contributed by atoms with E-state index in [9.17, 15) is 9.90 Å². The monoisotopic (exact) mass is 279 g/mol. The van der Waals surface area contributed by atoms with Crippen LogP contribution in [0.2, 0.25) is 0 Å². The van der Waals surface area contributed by atoms with Crippen molar-refractivity contribution in [2.75, 3.05) is 13.2 Å². The van der Waals surface area contributed by atoms with Crippen molar-refractivity contribution < 1.29 is 14.6 Å². The Morgan fingerprint density at radius 3 is 2.55 bits per heavy atom. The molecule has 1 amide bonds. The van der Waals surface area contributed by atoms with Crippen molar-refractivity contribution in [2.45, 2.75) is 40.2 Å². The zero-order valence-corrected chi connectivity index (χ0v) is 13.0. The van der Waals surface area contributed by atoms with Gasteiger partial charge in [0.25, 0.3) is 5.91 Å². The molecule has 4 heteroatoms. The smallest absolute Gasteiger partial charge is 0.258 e. The highest BCUT2D eigenvalue weighted by molar-refractivity contribution is 5.77. The Balaban J connectivity index is 2.42. The summed E-state index contributed by atoms with van der Waals surface area (Å²) in [6, 6.07) is 5.72. The Kier molecular flexibility index (Phi) is 5.57. The Bertz CT molecular complexity index is 467. The lowest BCUT2D eigenvalue weighted by molar-refractivity contribution is -0.124. The molecule has 0 aliphatic heterocycles. The predicted octanol–water partition coefficient (Wildman–Crippen LogP) is 2.21. The maximum absolute atomic E-state index is 11.7. The summed E-state index contributed by atoms with van der Waals surface area (Å²) >= 11 is 0. The van der Waals surface area contributed by atoms with Crippen molar-refractivity contribution in [3.05, 3.63) is 29.3 Å². The predicted molar refractivity (Wildman–Crippen MR) is 79.9 cm³/mol. The third kappa shape index (κ3) is 4.85. The van der Waals surface area contributed by atoms with Crippen molar-refractivity contribution >= 4 is 5.91 Å². The molecule has 20 heavy (non-hydrogen) atoms. The number of amides is 1. The van der Waals surface area contributed by atoms with E-state index in [1.807, 2.05) is 45.9 Å². The first-order valence-corrected chi connectivity index (χ1v) is 6.91. The number of carbonyl (C=O) groups is 1. The van der Waals surface area contributed by atoms with Crippen molar-refractivity contribution in [3.63, 3.8) is 0 Å². The SMILES string of the molecule is Cc1ccc(OCC(=O)NCC(C)(O)C(C)C)cc1C. The van der Waals surface area contributed by atoms with Crippen LogP contribution < -0.4 is 10.1 Å². The van der Waals surface area contributed by atoms with Crippen molar-refractivity contribution in [3.8, 4) is 5.75 Å². The molecule has 0 fully saturated rings. The number of aliphatic hydroxyl groups is 1. The maximum Gasteiger partial charge on any atom is 0.258 e. The topological polar surface area (TPSA) is 58.6 Å². The van der Waals surface area contributed by atoms with Gasteiger partial charge in [0.2, 0.25) is 0 Å². The third-order valence-electron chi connectivity index (χ3n) is 3.74. The standard InChI is InChI=1S/C16H25NO3/c1-11(2)16(5,19)10-17-15(18)9-20-14-7-6-12(3)13(4)8-14/h6-8,11,19H,9-10H2,1-5H3,(H,17,18). The van der Waals surface area contributed by atoms with E-state index < -0.39 is 5.60 Å². The summed E-state index contributed by atoms with van der Waals surface area (Å²) < 4.78 is 5.44. The van der Waals surface area contributed by atoms with Gasteiger partial charge in [-0.15, -0.1) is 0 Å². The fourth-order valence-electron chi connectivity index (χ4n) is 1.49. The lowest BCUT2D eigenvalue weighted by Crippen LogP contribution is -2.45. The Morgan fingerprint density at radius 2 is 2.00 bits per heavy atom. The quantitative estimate of drug-likeness (QED) is 0.839. The highest BCUT2D eigenvalue weighted by atomic mass is 16.5. The Hall–Kier alpha value is -1.55. The molecule has 0 spiro atoms. The van der Waals surface area contributed by atoms with Crippen molar-refractivity contribution in [2.24, 2.45) is 5.92 Å². The normalized spacial score (nSPS) is 13.9. The molecule has 0 bridgehead atoms. The molecule has 0 saturated carbocycles. The molecular formula is C16H25NO3. The van der Waals surface area contributed by atoms with E-state index in [1.165, 1.54) is 5.56 Å². The molecule has 0 aliphatic rings. The number of carbonyl (C=O) groups excluding carboxylic acids is 1. The first kappa shape index (κ1) is 16.5. The van der Waals surface area contributed by atoms with E-state index in [0.29, 0.717) is 5.75 Å². The molecule has 0 saturated heterocycles. The first-order chi connectivity index (χ1) is 9.22. The summed E-state index contributed by atoms with van der Waals surface area (Å²) in [5.74, 6) is 0.520. The summed E-state index contributed by atoms with van der Waals surface area (Å²) in [6.07, 6.45) is 0. The van der Waals surface area contributed by atoms with Gasteiger partial charge in [-0.3, -0.25) is 4.79 Å². The molecule has 112 valence electrons. The van der Waals surface area contributed by atoms with E-state index in [2.05, 4.69) is 5.32 Å². The van der Waals surface area contributed by atoms with Crippen LogP contribution in [0.25, 0.3) is 0 Å². The van der Waals surface area contributed by atoms with E-state index in [0.717, 1.165) is 5.56 Å². The lowest BCUT2D eigenvalue weighted by atomic mass is 9.93. The highest BCUT2D eigenvalue weighted by Crippen LogP contribution is 2.16. The minimum absolute atomic E-state index is 0.0450. The highest BCUT2D eigenvalue weighted by Gasteiger charge is 2.25. The summed E-state index contributed by atoms with van der Waals surface area (Å²) in [4.78, 5) is 11.7. The van der Waals surface area contributed by atoms with Gasteiger partial charge in [-0.25, -0.2) is 0 Å². The van der Waals surface area contributed by atoms with Crippen molar-refractivity contribution in [1.29, 1.82) is 0 Å². The molecule has 4 nitrogen and oxygen atoms in total. The number of hydrogen-bond donors (Lipinski definition) is 2. The van der Waals surface area contributed by atoms with Gasteiger partial charge < -0.3 is 15.2 Å². The first-order valence-electron chi connectivity index (χ1n) is 6.91. The largest absolute Gasteiger partial charge is 0.484 e. The van der Waals surface area contributed by atoms with Crippen LogP contribution in [0.3, 0.4) is 0 Å². The minimum Gasteiger partial charge on any atom is -0.484 e. The van der Waals surface area contributed by atoms with Gasteiger partial charge in [-0.1, -0.05) is 19.9 Å². The molecule has 1 rings (SSSR count). The third-order valence-corrected chi connectivity index (χ3v) is 3.74. The number of benzene rings is 1. The van der Waals surface area contributed by atoms with Crippen LogP contribution >= 0.6 is 0 Å². The average molecular weight is 279 g/mol. The molecule has 0 aromatic heterocycles. The molecule has 1 atom stereocenters. The van der Waals surface area contributed by atoms with Crippen LogP contribution in [0.5, 0.6) is 5.75 Å². The van der Waals surface area contributed by atoms with Gasteiger partial charge in [0, 0.05) is 6.54 Å². The fraction of sp³-hybridized carbons (Fsp3) is 0.562. The molecular weight excluding hydrogens is 254 g/mol. The van der Waals surface area contributed by atoms with E-state index >= 15 is 0 Å². The van der Waals surface area contributed by atoms with Crippen LogP contribution in [-0.2, 0) is 4.79 Å². The van der Waals surface area contributed by atoms with Crippen LogP contribution in [0.4, 0.5) is 0 Å². The van der Waals surface area contributed by atoms with Crippen LogP contribution in [-0.4, -0.2) is 29.8 Å². The van der Waals surface area contributed by atoms with Gasteiger partial charge in [-0.05, 0) is 49.9 Å². The lowest BCUT2D eigenvalue weighted by Gasteiger charge is -2.27. The van der Waals surface area contributed by atoms with E-state index in [-0.39, 0.29) is 25.0 Å². The molecule has 1 aromatic carbocycles. The Labute approximate surface area is 121 Å². The summed E-state index contributed by atoms with van der Waals surface area (Å²) in [5, 5.41) is 12.7. The van der Waals surface area contributed by atoms with Gasteiger partial charge >= 0.3 is 0 Å². The summed E-state index contributed by atoms with van der Waals surface area (Å²) in [7, 11) is 0. The van der Waals surface area contributed by atoms with Crippen LogP contribution in [0.15, 0.2) is 18.2 Å². The molecule has 0 radical (unpaired) electrons. The summed E-state index contributed by atoms with van der Waals surface area (Å²) in [6.45, 7) is 9.75. The van der Waals surface area contributed by atoms with Crippen LogP contribution in [0, 0.1) is 19.8 Å². The molecule has 2 N–H and O–H groups in total. The maximum atomic E-state index is 11.7. The molecule has 0 aliphatic carbocycles. The zero-order valence-electron chi connectivity index (χ0n) is 13.0. The van der Waals surface area contributed by atoms with Gasteiger partial charge in [0.15, 0.2) is 6.61 Å². The number of aryl methyl sites for hydroxylation is 2. The number of hydrogen-bond acceptors (Lipinski definition) is 3. The van der Waals surface area contributed by atoms with E-state index in [4.69, 9.17) is 4.74 Å². The van der Waals surface area contributed by atoms with Crippen LogP contribution in [0.1, 0.15) is 31.9 Å². The molecule has 0 heterocycles. The summed E-state index contributed by atoms with van der Waals surface area (Å²) in [5.41, 5.74) is 1.41. The zero-order chi connectivity index (χ0) is 15.3. The molecule has 1 unspecified atom stereocenters. The average Bonchev–Trinajstić information content (AvgIpc) is 2.37. The number of ether oxygens (including phenoxy) is 1. The minimum atomic E-state index is -0.907. The molecule has 1 aromatic rings. The van der Waals surface area contributed by atoms with Gasteiger partial charge in [0.1, 0.15) is 5.75 Å². The Morgan fingerprint density at radius 1 is 1.35 bits per heavy atom. The number of nitrogens with one attached hydrogen (secondary N) is 1. The number of rotatable bonds is 6. The van der Waals surface area contributed by atoms with Gasteiger partial charge in [0.05, 0.1) is 5.60 Å². The second-order valence-electron chi connectivity index (χ2n) is 5.82. The van der Waals surface area contributed by atoms with E-state index in [1.54, 1.807) is 6.92 Å². The second-order valence-corrected chi connectivity index (χ2v) is 5.82. The fourth-order valence-corrected chi connectivity index (χ4v) is 1.49. The van der Waals surface area contributed by atoms with Crippen molar-refractivity contribution in [1.82, 2.24) is 5.32 Å². The van der Waals surface area contributed by atoms with Gasteiger partial charge in [-0.2, -0.15) is 0 Å². The second kappa shape index (κ2) is 6.75.